The van der Waals surface area contributed by atoms with E-state index in [1.54, 1.807) is 6.33 Å². The zero-order valence-corrected chi connectivity index (χ0v) is 18.2. The van der Waals surface area contributed by atoms with Gasteiger partial charge in [0.2, 0.25) is 0 Å². The number of aryl methyl sites for hydroxylation is 2. The fourth-order valence-corrected chi connectivity index (χ4v) is 7.24. The van der Waals surface area contributed by atoms with Crippen LogP contribution < -0.4 is 4.40 Å². The summed E-state index contributed by atoms with van der Waals surface area (Å²) in [5, 5.41) is 3.75. The summed E-state index contributed by atoms with van der Waals surface area (Å²) in [6.45, 7) is 4.28. The SMILES string of the molecule is Cc1cc(C)cc(-c2ncnc3c2ccc2ccc[c]([Ge]([CH3])([CH3])[CH3])c23)c1. The third kappa shape index (κ3) is 2.92. The topological polar surface area (TPSA) is 25.8 Å². The molecule has 130 valence electrons. The van der Waals surface area contributed by atoms with Gasteiger partial charge in [-0.25, -0.2) is 0 Å². The van der Waals surface area contributed by atoms with Gasteiger partial charge in [-0.05, 0) is 0 Å². The predicted octanol–water partition coefficient (Wildman–Crippen LogP) is 5.61. The quantitative estimate of drug-likeness (QED) is 0.322. The average molecular weight is 401 g/mol. The van der Waals surface area contributed by atoms with Crippen molar-refractivity contribution >= 4 is 39.3 Å². The van der Waals surface area contributed by atoms with Gasteiger partial charge in [0.25, 0.3) is 0 Å². The molecule has 0 unspecified atom stereocenters. The van der Waals surface area contributed by atoms with Gasteiger partial charge in [0, 0.05) is 0 Å². The van der Waals surface area contributed by atoms with Crippen molar-refractivity contribution in [3.63, 3.8) is 0 Å². The van der Waals surface area contributed by atoms with E-state index in [-0.39, 0.29) is 0 Å². The van der Waals surface area contributed by atoms with Crippen molar-refractivity contribution in [1.29, 1.82) is 0 Å². The summed E-state index contributed by atoms with van der Waals surface area (Å²) in [5.74, 6) is 7.33. The van der Waals surface area contributed by atoms with E-state index in [4.69, 9.17) is 4.98 Å². The molecule has 0 aliphatic heterocycles. The van der Waals surface area contributed by atoms with Crippen molar-refractivity contribution in [3.05, 3.63) is 66.0 Å². The van der Waals surface area contributed by atoms with Crippen molar-refractivity contribution in [2.24, 2.45) is 0 Å². The van der Waals surface area contributed by atoms with Gasteiger partial charge in [-0.2, -0.15) is 0 Å². The Kier molecular flexibility index (Phi) is 4.11. The molecule has 2 nitrogen and oxygen atoms in total. The standard InChI is InChI=1S/C23H24GeN2/c1-15-11-16(2)13-18(12-15)22-19-10-9-17-7-6-8-20(24(3,4)5)21(17)23(19)26-14-25-22/h6-14H,1-5H3. The summed E-state index contributed by atoms with van der Waals surface area (Å²) in [7, 11) is 0. The molecular formula is C23H24GeN2. The second-order valence-corrected chi connectivity index (χ2v) is 18.8. The van der Waals surface area contributed by atoms with E-state index in [9.17, 15) is 0 Å². The Labute approximate surface area is 157 Å². The second kappa shape index (κ2) is 6.20. The summed E-state index contributed by atoms with van der Waals surface area (Å²) in [4.78, 5) is 9.40. The molecule has 3 heteroatoms. The minimum absolute atomic E-state index is 1.03. The summed E-state index contributed by atoms with van der Waals surface area (Å²) in [6, 6.07) is 17.7. The molecule has 26 heavy (non-hydrogen) atoms. The van der Waals surface area contributed by atoms with Crippen LogP contribution in [0.2, 0.25) is 17.3 Å². The molecule has 0 atom stereocenters. The van der Waals surface area contributed by atoms with Gasteiger partial charge in [-0.15, -0.1) is 0 Å². The third-order valence-corrected chi connectivity index (χ3v) is 9.21. The first-order chi connectivity index (χ1) is 12.3. The van der Waals surface area contributed by atoms with Gasteiger partial charge >= 0.3 is 158 Å². The number of hydrogen-bond donors (Lipinski definition) is 0. The van der Waals surface area contributed by atoms with Crippen LogP contribution in [0.4, 0.5) is 0 Å². The van der Waals surface area contributed by atoms with E-state index < -0.39 is 13.3 Å². The molecule has 1 heterocycles. The van der Waals surface area contributed by atoms with E-state index >= 15 is 0 Å². The fraction of sp³-hybridized carbons (Fsp3) is 0.217. The first-order valence-corrected chi connectivity index (χ1v) is 16.4. The summed E-state index contributed by atoms with van der Waals surface area (Å²) >= 11 is -2.03. The molecule has 0 saturated carbocycles. The molecule has 0 radical (unpaired) electrons. The minimum atomic E-state index is -2.03. The van der Waals surface area contributed by atoms with Crippen LogP contribution in [-0.4, -0.2) is 23.2 Å². The van der Waals surface area contributed by atoms with E-state index in [0.29, 0.717) is 0 Å². The van der Waals surface area contributed by atoms with E-state index in [1.165, 1.54) is 31.9 Å². The van der Waals surface area contributed by atoms with Gasteiger partial charge in [0.1, 0.15) is 0 Å². The van der Waals surface area contributed by atoms with Gasteiger partial charge < -0.3 is 0 Å². The van der Waals surface area contributed by atoms with E-state index in [1.807, 2.05) is 0 Å². The molecule has 0 bridgehead atoms. The van der Waals surface area contributed by atoms with Gasteiger partial charge in [0.15, 0.2) is 0 Å². The first-order valence-electron chi connectivity index (χ1n) is 9.10. The van der Waals surface area contributed by atoms with Crippen molar-refractivity contribution in [3.8, 4) is 11.3 Å². The normalized spacial score (nSPS) is 12.0. The van der Waals surface area contributed by atoms with Crippen LogP contribution in [0.25, 0.3) is 32.9 Å². The Morgan fingerprint density at radius 2 is 1.54 bits per heavy atom. The average Bonchev–Trinajstić information content (AvgIpc) is 2.58. The van der Waals surface area contributed by atoms with Crippen LogP contribution in [0.15, 0.2) is 54.9 Å². The van der Waals surface area contributed by atoms with E-state index in [0.717, 1.165) is 16.6 Å². The maximum atomic E-state index is 4.73. The Bertz CT molecular complexity index is 1120. The Balaban J connectivity index is 2.12. The first kappa shape index (κ1) is 17.2. The Morgan fingerprint density at radius 1 is 0.808 bits per heavy atom. The molecule has 0 amide bonds. The molecule has 0 fully saturated rings. The molecule has 0 saturated heterocycles. The van der Waals surface area contributed by atoms with Crippen LogP contribution in [0, 0.1) is 13.8 Å². The zero-order chi connectivity index (χ0) is 18.5. The predicted molar refractivity (Wildman–Crippen MR) is 115 cm³/mol. The number of rotatable bonds is 2. The number of aromatic nitrogens is 2. The van der Waals surface area contributed by atoms with Crippen molar-refractivity contribution in [1.82, 2.24) is 9.97 Å². The molecule has 3 aromatic carbocycles. The summed E-state index contributed by atoms with van der Waals surface area (Å²) in [5.41, 5.74) is 5.81. The monoisotopic (exact) mass is 402 g/mol. The number of benzene rings is 3. The molecule has 4 aromatic rings. The van der Waals surface area contributed by atoms with Gasteiger partial charge in [0.05, 0.1) is 0 Å². The Hall–Kier alpha value is -2.20. The maximum absolute atomic E-state index is 4.73. The molecule has 0 aliphatic carbocycles. The molecule has 4 rings (SSSR count). The molecule has 0 aliphatic rings. The molecular weight excluding hydrogens is 377 g/mol. The van der Waals surface area contributed by atoms with Crippen LogP contribution in [0.1, 0.15) is 11.1 Å². The molecule has 1 aromatic heterocycles. The summed E-state index contributed by atoms with van der Waals surface area (Å²) < 4.78 is 1.51. The van der Waals surface area contributed by atoms with Crippen molar-refractivity contribution in [2.45, 2.75) is 31.1 Å². The molecule has 0 spiro atoms. The fourth-order valence-electron chi connectivity index (χ4n) is 3.87. The Morgan fingerprint density at radius 3 is 2.23 bits per heavy atom. The molecule has 0 N–H and O–H groups in total. The zero-order valence-electron chi connectivity index (χ0n) is 16.1. The number of nitrogens with zero attached hydrogens (tertiary/aromatic N) is 2. The van der Waals surface area contributed by atoms with Gasteiger partial charge in [-0.3, -0.25) is 0 Å². The second-order valence-electron chi connectivity index (χ2n) is 8.21. The van der Waals surface area contributed by atoms with Crippen LogP contribution >= 0.6 is 0 Å². The third-order valence-electron chi connectivity index (χ3n) is 4.95. The van der Waals surface area contributed by atoms with E-state index in [2.05, 4.69) is 84.6 Å². The number of fused-ring (bicyclic) bond motifs is 3. The van der Waals surface area contributed by atoms with Crippen molar-refractivity contribution < 1.29 is 0 Å². The summed E-state index contributed by atoms with van der Waals surface area (Å²) in [6.07, 6.45) is 1.72. The van der Waals surface area contributed by atoms with Crippen LogP contribution in [-0.2, 0) is 0 Å². The van der Waals surface area contributed by atoms with Crippen molar-refractivity contribution in [2.75, 3.05) is 0 Å². The number of hydrogen-bond acceptors (Lipinski definition) is 2. The van der Waals surface area contributed by atoms with Crippen LogP contribution in [0.3, 0.4) is 0 Å². The van der Waals surface area contributed by atoms with Gasteiger partial charge in [-0.1, -0.05) is 0 Å². The van der Waals surface area contributed by atoms with Crippen LogP contribution in [0.5, 0.6) is 0 Å².